The second-order valence-electron chi connectivity index (χ2n) is 8.21. The first-order valence-corrected chi connectivity index (χ1v) is 11.3. The molecule has 1 atom stereocenters. The zero-order chi connectivity index (χ0) is 25.4. The maximum Gasteiger partial charge on any atom is 0.201 e. The Morgan fingerprint density at radius 2 is 1.80 bits per heavy atom. The van der Waals surface area contributed by atoms with Crippen LogP contribution in [0.5, 0.6) is 5.75 Å². The molecule has 0 aliphatic carbocycles. The second kappa shape index (κ2) is 12.5. The van der Waals surface area contributed by atoms with Crippen LogP contribution in [0, 0.1) is 17.6 Å². The van der Waals surface area contributed by atoms with E-state index < -0.39 is 24.0 Å². The SMILES string of the molecule is C=C/C=C(\C=C(\F)CC1COC(C(C)O)OC1)c1ccc(-c2ccc(OCC=C)c(F)c2F)cc1. The Bertz CT molecular complexity index is 1080. The summed E-state index contributed by atoms with van der Waals surface area (Å²) in [6, 6.07) is 9.50. The highest BCUT2D eigenvalue weighted by atomic mass is 19.2. The Balaban J connectivity index is 1.74. The van der Waals surface area contributed by atoms with Gasteiger partial charge < -0.3 is 19.3 Å². The standard InChI is InChI=1S/C28H29F3O4/c1-4-6-22(15-23(29)14-19-16-34-28(18(3)32)35-17-19)20-7-9-21(10-8-20)24-11-12-25(33-13-5-2)27(31)26(24)30/h4-12,15,18-19,28,32H,1-2,13-14,16-17H2,3H3/b22-6+,23-15+. The number of allylic oxidation sites excluding steroid dienone is 5. The first-order valence-electron chi connectivity index (χ1n) is 11.3. The number of halogens is 3. The molecular weight excluding hydrogens is 457 g/mol. The molecule has 0 saturated carbocycles. The van der Waals surface area contributed by atoms with E-state index in [9.17, 15) is 18.3 Å². The number of hydrogen-bond donors (Lipinski definition) is 1. The lowest BCUT2D eigenvalue weighted by atomic mass is 9.98. The third-order valence-electron chi connectivity index (χ3n) is 5.41. The predicted molar refractivity (Wildman–Crippen MR) is 130 cm³/mol. The van der Waals surface area contributed by atoms with Crippen LogP contribution >= 0.6 is 0 Å². The monoisotopic (exact) mass is 486 g/mol. The fourth-order valence-corrected chi connectivity index (χ4v) is 3.67. The van der Waals surface area contributed by atoms with E-state index >= 15 is 0 Å². The van der Waals surface area contributed by atoms with Gasteiger partial charge in [0, 0.05) is 17.9 Å². The molecular formula is C28H29F3O4. The minimum atomic E-state index is -1.07. The summed E-state index contributed by atoms with van der Waals surface area (Å²) in [5.41, 5.74) is 1.81. The molecule has 1 aliphatic rings. The molecule has 0 amide bonds. The zero-order valence-corrected chi connectivity index (χ0v) is 19.6. The largest absolute Gasteiger partial charge is 0.486 e. The van der Waals surface area contributed by atoms with Gasteiger partial charge in [-0.05, 0) is 41.8 Å². The number of benzene rings is 2. The maximum absolute atomic E-state index is 14.8. The number of hydrogen-bond acceptors (Lipinski definition) is 4. The van der Waals surface area contributed by atoms with Crippen molar-refractivity contribution < 1.29 is 32.5 Å². The van der Waals surface area contributed by atoms with Crippen molar-refractivity contribution in [2.45, 2.75) is 25.7 Å². The van der Waals surface area contributed by atoms with Crippen molar-refractivity contribution in [3.8, 4) is 16.9 Å². The molecule has 1 saturated heterocycles. The van der Waals surface area contributed by atoms with Crippen LogP contribution in [0.25, 0.3) is 16.7 Å². The third kappa shape index (κ3) is 6.94. The van der Waals surface area contributed by atoms with Gasteiger partial charge >= 0.3 is 0 Å². The van der Waals surface area contributed by atoms with E-state index in [1.807, 2.05) is 0 Å². The average molecular weight is 487 g/mol. The van der Waals surface area contributed by atoms with E-state index in [1.54, 1.807) is 43.3 Å². The summed E-state index contributed by atoms with van der Waals surface area (Å²) in [5, 5.41) is 9.51. The number of aliphatic hydroxyl groups is 1. The van der Waals surface area contributed by atoms with E-state index in [2.05, 4.69) is 13.2 Å². The number of ether oxygens (including phenoxy) is 3. The summed E-state index contributed by atoms with van der Waals surface area (Å²) in [6.45, 7) is 9.38. The van der Waals surface area contributed by atoms with Crippen molar-refractivity contribution in [1.82, 2.24) is 0 Å². The van der Waals surface area contributed by atoms with Gasteiger partial charge in [-0.2, -0.15) is 4.39 Å². The molecule has 1 fully saturated rings. The first-order chi connectivity index (χ1) is 16.8. The van der Waals surface area contributed by atoms with E-state index in [0.29, 0.717) is 16.7 Å². The summed E-state index contributed by atoms with van der Waals surface area (Å²) >= 11 is 0. The van der Waals surface area contributed by atoms with Gasteiger partial charge in [-0.1, -0.05) is 55.7 Å². The second-order valence-corrected chi connectivity index (χ2v) is 8.21. The van der Waals surface area contributed by atoms with Crippen molar-refractivity contribution in [2.75, 3.05) is 19.8 Å². The Morgan fingerprint density at radius 1 is 1.11 bits per heavy atom. The molecule has 1 N–H and O–H groups in total. The third-order valence-corrected chi connectivity index (χ3v) is 5.41. The topological polar surface area (TPSA) is 47.9 Å². The van der Waals surface area contributed by atoms with E-state index in [4.69, 9.17) is 14.2 Å². The van der Waals surface area contributed by atoms with Crippen molar-refractivity contribution in [1.29, 1.82) is 0 Å². The van der Waals surface area contributed by atoms with Crippen molar-refractivity contribution >= 4 is 5.57 Å². The zero-order valence-electron chi connectivity index (χ0n) is 19.6. The summed E-state index contributed by atoms with van der Waals surface area (Å²) in [5.74, 6) is -2.80. The van der Waals surface area contributed by atoms with Crippen molar-refractivity contribution in [3.05, 3.63) is 96.9 Å². The van der Waals surface area contributed by atoms with Gasteiger partial charge in [0.1, 0.15) is 18.5 Å². The lowest BCUT2D eigenvalue weighted by molar-refractivity contribution is -0.236. The highest BCUT2D eigenvalue weighted by Gasteiger charge is 2.26. The summed E-state index contributed by atoms with van der Waals surface area (Å²) in [4.78, 5) is 0. The smallest absolute Gasteiger partial charge is 0.201 e. The van der Waals surface area contributed by atoms with Crippen LogP contribution in [0.3, 0.4) is 0 Å². The van der Waals surface area contributed by atoms with E-state index in [-0.39, 0.29) is 49.3 Å². The molecule has 0 aromatic heterocycles. The molecule has 35 heavy (non-hydrogen) atoms. The predicted octanol–water partition coefficient (Wildman–Crippen LogP) is 6.38. The molecule has 1 heterocycles. The first kappa shape index (κ1) is 26.5. The van der Waals surface area contributed by atoms with Crippen LogP contribution in [0.2, 0.25) is 0 Å². The normalized spacial score (nSPS) is 19.8. The van der Waals surface area contributed by atoms with E-state index in [1.165, 1.54) is 24.3 Å². The van der Waals surface area contributed by atoms with Gasteiger partial charge in [0.15, 0.2) is 17.9 Å². The molecule has 0 radical (unpaired) electrons. The fourth-order valence-electron chi connectivity index (χ4n) is 3.67. The molecule has 0 bridgehead atoms. The van der Waals surface area contributed by atoms with Crippen molar-refractivity contribution in [2.24, 2.45) is 5.92 Å². The van der Waals surface area contributed by atoms with Crippen LogP contribution < -0.4 is 4.74 Å². The molecule has 186 valence electrons. The van der Waals surface area contributed by atoms with Gasteiger partial charge in [-0.3, -0.25) is 0 Å². The Labute approximate surface area is 203 Å². The van der Waals surface area contributed by atoms with Gasteiger partial charge in [0.25, 0.3) is 0 Å². The molecule has 1 unspecified atom stereocenters. The van der Waals surface area contributed by atoms with Crippen molar-refractivity contribution in [3.63, 3.8) is 0 Å². The minimum absolute atomic E-state index is 0.0656. The summed E-state index contributed by atoms with van der Waals surface area (Å²) in [6.07, 6.45) is 4.73. The molecule has 4 nitrogen and oxygen atoms in total. The maximum atomic E-state index is 14.8. The van der Waals surface area contributed by atoms with Gasteiger partial charge in [0.2, 0.25) is 5.82 Å². The Hall–Kier alpha value is -3.13. The molecule has 0 spiro atoms. The van der Waals surface area contributed by atoms with Gasteiger partial charge in [-0.25, -0.2) is 8.78 Å². The quantitative estimate of drug-likeness (QED) is 0.313. The minimum Gasteiger partial charge on any atom is -0.486 e. The van der Waals surface area contributed by atoms with Crippen LogP contribution in [0.4, 0.5) is 13.2 Å². The molecule has 2 aromatic carbocycles. The van der Waals surface area contributed by atoms with Crippen LogP contribution in [0.1, 0.15) is 18.9 Å². The average Bonchev–Trinajstić information content (AvgIpc) is 2.85. The molecule has 1 aliphatic heterocycles. The van der Waals surface area contributed by atoms with E-state index in [0.717, 1.165) is 0 Å². The lowest BCUT2D eigenvalue weighted by Crippen LogP contribution is -2.38. The highest BCUT2D eigenvalue weighted by Crippen LogP contribution is 2.31. The highest BCUT2D eigenvalue weighted by molar-refractivity contribution is 5.77. The Morgan fingerprint density at radius 3 is 2.40 bits per heavy atom. The van der Waals surface area contributed by atoms with Crippen LogP contribution in [-0.2, 0) is 9.47 Å². The number of rotatable bonds is 10. The molecule has 2 aromatic rings. The Kier molecular flexibility index (Phi) is 9.48. The number of aliphatic hydroxyl groups excluding tert-OH is 1. The van der Waals surface area contributed by atoms with Gasteiger partial charge in [-0.15, -0.1) is 0 Å². The molecule has 3 rings (SSSR count). The van der Waals surface area contributed by atoms with Crippen LogP contribution in [-0.4, -0.2) is 37.3 Å². The summed E-state index contributed by atoms with van der Waals surface area (Å²) < 4.78 is 59.7. The fraction of sp³-hybridized carbons (Fsp3) is 0.286. The molecule has 7 heteroatoms. The van der Waals surface area contributed by atoms with Crippen LogP contribution in [0.15, 0.2) is 79.7 Å². The van der Waals surface area contributed by atoms with Gasteiger partial charge in [0.05, 0.1) is 13.2 Å². The lowest BCUT2D eigenvalue weighted by Gasteiger charge is -2.30. The summed E-state index contributed by atoms with van der Waals surface area (Å²) in [7, 11) is 0.